The molecule has 208 valence electrons. The van der Waals surface area contributed by atoms with Gasteiger partial charge in [0, 0.05) is 6.42 Å². The van der Waals surface area contributed by atoms with Crippen molar-refractivity contribution in [1.29, 1.82) is 0 Å². The largest absolute Gasteiger partial charge is 0.508 e. The maximum absolute atomic E-state index is 13.4. The van der Waals surface area contributed by atoms with E-state index in [2.05, 4.69) is 16.0 Å². The number of nitrogens with two attached hydrogens (primary N) is 2. The lowest BCUT2D eigenvalue weighted by Crippen LogP contribution is -2.58. The van der Waals surface area contributed by atoms with Gasteiger partial charge in [0.05, 0.1) is 6.04 Å². The third-order valence-corrected chi connectivity index (χ3v) is 5.88. The fourth-order valence-electron chi connectivity index (χ4n) is 3.77. The molecule has 1 aromatic rings. The Labute approximate surface area is 218 Å². The molecule has 0 radical (unpaired) electrons. The molecule has 0 aromatic heterocycles. The van der Waals surface area contributed by atoms with Gasteiger partial charge in [-0.05, 0) is 61.8 Å². The van der Waals surface area contributed by atoms with Crippen molar-refractivity contribution in [3.63, 3.8) is 0 Å². The van der Waals surface area contributed by atoms with Crippen molar-refractivity contribution in [3.05, 3.63) is 29.8 Å². The van der Waals surface area contributed by atoms with Crippen LogP contribution in [0.15, 0.2) is 24.3 Å². The average Bonchev–Trinajstić information content (AvgIpc) is 2.81. The van der Waals surface area contributed by atoms with Gasteiger partial charge in [-0.2, -0.15) is 0 Å². The van der Waals surface area contributed by atoms with E-state index in [4.69, 9.17) is 11.5 Å². The summed E-state index contributed by atoms with van der Waals surface area (Å²) >= 11 is 0. The van der Waals surface area contributed by atoms with Crippen molar-refractivity contribution in [2.45, 2.75) is 84.0 Å². The number of nitrogens with one attached hydrogen (secondary N) is 3. The first-order valence-corrected chi connectivity index (χ1v) is 12.7. The molecular formula is C26H43N5O6. The summed E-state index contributed by atoms with van der Waals surface area (Å²) in [5.41, 5.74) is 12.3. The normalized spacial score (nSPS) is 14.5. The fraction of sp³-hybridized carbons (Fsp3) is 0.615. The van der Waals surface area contributed by atoms with Gasteiger partial charge in [-0.1, -0.05) is 39.8 Å². The smallest absolute Gasteiger partial charge is 0.326 e. The van der Waals surface area contributed by atoms with E-state index in [-0.39, 0.29) is 30.4 Å². The summed E-state index contributed by atoms with van der Waals surface area (Å²) in [7, 11) is 0. The Kier molecular flexibility index (Phi) is 13.6. The predicted molar refractivity (Wildman–Crippen MR) is 140 cm³/mol. The zero-order chi connectivity index (χ0) is 28.1. The molecule has 4 unspecified atom stereocenters. The summed E-state index contributed by atoms with van der Waals surface area (Å²) in [6.07, 6.45) is 1.90. The molecule has 0 saturated carbocycles. The number of benzene rings is 1. The standard InChI is InChI=1S/C26H43N5O6/c1-15(2)13-19(28)23(33)30-21(14-17-8-10-18(32)11-9-17)25(35)29-20(7-5-6-12-27)24(34)31-22(16(3)4)26(36)37/h8-11,15-16,19-22,32H,5-7,12-14,27-28H2,1-4H3,(H,29,35)(H,30,33)(H,31,34)(H,36,37). The zero-order valence-corrected chi connectivity index (χ0v) is 22.2. The molecule has 0 aliphatic carbocycles. The number of carbonyl (C=O) groups is 4. The van der Waals surface area contributed by atoms with Crippen LogP contribution in [0.1, 0.15) is 58.9 Å². The number of carbonyl (C=O) groups excluding carboxylic acids is 3. The molecule has 4 atom stereocenters. The Bertz CT molecular complexity index is 890. The van der Waals surface area contributed by atoms with Crippen LogP contribution in [0.2, 0.25) is 0 Å². The maximum atomic E-state index is 13.4. The zero-order valence-electron chi connectivity index (χ0n) is 22.2. The summed E-state index contributed by atoms with van der Waals surface area (Å²) in [5.74, 6) is -3.05. The number of aliphatic carboxylic acids is 1. The molecule has 37 heavy (non-hydrogen) atoms. The van der Waals surface area contributed by atoms with Gasteiger partial charge in [-0.15, -0.1) is 0 Å². The Morgan fingerprint density at radius 1 is 0.865 bits per heavy atom. The highest BCUT2D eigenvalue weighted by Crippen LogP contribution is 2.13. The monoisotopic (exact) mass is 521 g/mol. The number of hydrogen-bond acceptors (Lipinski definition) is 7. The second-order valence-electron chi connectivity index (χ2n) is 10.1. The van der Waals surface area contributed by atoms with Crippen LogP contribution in [0.5, 0.6) is 5.75 Å². The highest BCUT2D eigenvalue weighted by molar-refractivity contribution is 5.94. The van der Waals surface area contributed by atoms with Crippen molar-refractivity contribution in [3.8, 4) is 5.75 Å². The number of carboxylic acid groups (broad SMARTS) is 1. The van der Waals surface area contributed by atoms with E-state index in [1.54, 1.807) is 26.0 Å². The first-order valence-electron chi connectivity index (χ1n) is 12.7. The molecule has 0 spiro atoms. The molecule has 1 rings (SSSR count). The highest BCUT2D eigenvalue weighted by atomic mass is 16.4. The average molecular weight is 522 g/mol. The van der Waals surface area contributed by atoms with Gasteiger partial charge in [0.25, 0.3) is 0 Å². The van der Waals surface area contributed by atoms with Crippen molar-refractivity contribution >= 4 is 23.7 Å². The molecular weight excluding hydrogens is 478 g/mol. The first-order chi connectivity index (χ1) is 17.3. The summed E-state index contributed by atoms with van der Waals surface area (Å²) in [5, 5.41) is 26.9. The summed E-state index contributed by atoms with van der Waals surface area (Å²) < 4.78 is 0. The van der Waals surface area contributed by atoms with Crippen LogP contribution in [0.4, 0.5) is 0 Å². The molecule has 0 aliphatic rings. The van der Waals surface area contributed by atoms with Gasteiger partial charge in [0.1, 0.15) is 23.9 Å². The van der Waals surface area contributed by atoms with E-state index in [1.807, 2.05) is 13.8 Å². The third kappa shape index (κ3) is 11.6. The molecule has 11 heteroatoms. The second kappa shape index (κ2) is 15.8. The van der Waals surface area contributed by atoms with E-state index in [0.717, 1.165) is 0 Å². The number of rotatable bonds is 16. The van der Waals surface area contributed by atoms with Gasteiger partial charge in [0.2, 0.25) is 17.7 Å². The Morgan fingerprint density at radius 2 is 1.43 bits per heavy atom. The van der Waals surface area contributed by atoms with Crippen molar-refractivity contribution < 1.29 is 29.4 Å². The summed E-state index contributed by atoms with van der Waals surface area (Å²) in [6, 6.07) is 2.17. The number of phenols is 1. The van der Waals surface area contributed by atoms with E-state index >= 15 is 0 Å². The molecule has 0 saturated heterocycles. The molecule has 3 amide bonds. The first kappa shape index (κ1) is 31.8. The van der Waals surface area contributed by atoms with Crippen molar-refractivity contribution in [2.75, 3.05) is 6.54 Å². The van der Waals surface area contributed by atoms with E-state index in [9.17, 15) is 29.4 Å². The van der Waals surface area contributed by atoms with Gasteiger partial charge < -0.3 is 37.6 Å². The Balaban J connectivity index is 3.14. The van der Waals surface area contributed by atoms with Gasteiger partial charge in [0.15, 0.2) is 0 Å². The van der Waals surface area contributed by atoms with E-state index in [1.165, 1.54) is 12.1 Å². The minimum Gasteiger partial charge on any atom is -0.508 e. The predicted octanol–water partition coefficient (Wildman–Crippen LogP) is 0.632. The molecule has 0 fully saturated rings. The minimum absolute atomic E-state index is 0.0579. The number of aromatic hydroxyl groups is 1. The molecule has 9 N–H and O–H groups in total. The maximum Gasteiger partial charge on any atom is 0.326 e. The van der Waals surface area contributed by atoms with E-state index in [0.29, 0.717) is 31.4 Å². The van der Waals surface area contributed by atoms with Crippen molar-refractivity contribution in [1.82, 2.24) is 16.0 Å². The minimum atomic E-state index is -1.17. The topological polar surface area (TPSA) is 197 Å². The quantitative estimate of drug-likeness (QED) is 0.154. The number of unbranched alkanes of at least 4 members (excludes halogenated alkanes) is 1. The van der Waals surface area contributed by atoms with Crippen molar-refractivity contribution in [2.24, 2.45) is 23.3 Å². The third-order valence-electron chi connectivity index (χ3n) is 5.88. The lowest BCUT2D eigenvalue weighted by molar-refractivity contribution is -0.143. The fourth-order valence-corrected chi connectivity index (χ4v) is 3.77. The molecule has 1 aromatic carbocycles. The van der Waals surface area contributed by atoms with Crippen LogP contribution >= 0.6 is 0 Å². The van der Waals surface area contributed by atoms with Crippen LogP contribution in [0.3, 0.4) is 0 Å². The lowest BCUT2D eigenvalue weighted by atomic mass is 10.0. The SMILES string of the molecule is CC(C)CC(N)C(=O)NC(Cc1ccc(O)cc1)C(=O)NC(CCCCN)C(=O)NC(C(=O)O)C(C)C. The van der Waals surface area contributed by atoms with Crippen LogP contribution in [0.25, 0.3) is 0 Å². The van der Waals surface area contributed by atoms with Gasteiger partial charge in [-0.3, -0.25) is 14.4 Å². The number of amides is 3. The number of hydrogen-bond donors (Lipinski definition) is 7. The summed E-state index contributed by atoms with van der Waals surface area (Å²) in [4.78, 5) is 50.7. The van der Waals surface area contributed by atoms with Gasteiger partial charge in [-0.25, -0.2) is 4.79 Å². The van der Waals surface area contributed by atoms with Crippen LogP contribution < -0.4 is 27.4 Å². The number of phenolic OH excluding ortho intramolecular Hbond substituents is 1. The van der Waals surface area contributed by atoms with Crippen LogP contribution in [-0.4, -0.2) is 64.6 Å². The van der Waals surface area contributed by atoms with Crippen LogP contribution in [-0.2, 0) is 25.6 Å². The Hall–Kier alpha value is -3.18. The summed E-state index contributed by atoms with van der Waals surface area (Å²) in [6.45, 7) is 7.61. The molecule has 0 aliphatic heterocycles. The van der Waals surface area contributed by atoms with Crippen LogP contribution in [0, 0.1) is 11.8 Å². The Morgan fingerprint density at radius 3 is 1.95 bits per heavy atom. The molecule has 0 heterocycles. The molecule has 0 bridgehead atoms. The lowest BCUT2D eigenvalue weighted by Gasteiger charge is -2.26. The second-order valence-corrected chi connectivity index (χ2v) is 10.1. The molecule has 11 nitrogen and oxygen atoms in total. The highest BCUT2D eigenvalue weighted by Gasteiger charge is 2.31. The van der Waals surface area contributed by atoms with E-state index < -0.39 is 47.9 Å². The number of carboxylic acids is 1. The van der Waals surface area contributed by atoms with Gasteiger partial charge >= 0.3 is 5.97 Å².